The van der Waals surface area contributed by atoms with Crippen molar-refractivity contribution in [2.75, 3.05) is 36.8 Å². The summed E-state index contributed by atoms with van der Waals surface area (Å²) in [7, 11) is 0. The van der Waals surface area contributed by atoms with Gasteiger partial charge in [0.1, 0.15) is 5.82 Å². The van der Waals surface area contributed by atoms with Crippen molar-refractivity contribution in [3.63, 3.8) is 0 Å². The number of nitrogens with one attached hydrogen (secondary N) is 2. The number of amides is 1. The van der Waals surface area contributed by atoms with Crippen LogP contribution < -0.4 is 10.6 Å². The molecule has 2 aromatic heterocycles. The van der Waals surface area contributed by atoms with Crippen molar-refractivity contribution in [1.82, 2.24) is 19.8 Å². The summed E-state index contributed by atoms with van der Waals surface area (Å²) >= 11 is 11.3. The number of carbonyl (C=O) groups is 1. The maximum atomic E-state index is 13.5. The van der Waals surface area contributed by atoms with E-state index in [1.54, 1.807) is 17.0 Å². The van der Waals surface area contributed by atoms with E-state index in [0.29, 0.717) is 49.5 Å². The molecule has 1 amide bonds. The molecular weight excluding hydrogens is 493 g/mol. The first-order valence-electron chi connectivity index (χ1n) is 10.8. The highest BCUT2D eigenvalue weighted by Crippen LogP contribution is 2.19. The summed E-state index contributed by atoms with van der Waals surface area (Å²) < 4.78 is 18.7. The Morgan fingerprint density at radius 3 is 2.40 bits per heavy atom. The van der Waals surface area contributed by atoms with Crippen molar-refractivity contribution >= 4 is 52.4 Å². The van der Waals surface area contributed by atoms with Gasteiger partial charge in [-0.2, -0.15) is 4.99 Å². The molecule has 1 aliphatic heterocycles. The Hall–Kier alpha value is -3.57. The smallest absolute Gasteiger partial charge is 0.289 e. The van der Waals surface area contributed by atoms with E-state index in [2.05, 4.69) is 25.6 Å². The fourth-order valence-electron chi connectivity index (χ4n) is 3.56. The van der Waals surface area contributed by atoms with Crippen molar-refractivity contribution in [1.29, 1.82) is 0 Å². The molecule has 12 heteroatoms. The molecule has 4 rings (SSSR count). The molecule has 3 heterocycles. The number of halogens is 2. The van der Waals surface area contributed by atoms with Crippen LogP contribution in [0.2, 0.25) is 5.02 Å². The molecule has 0 spiro atoms. The molecule has 1 aliphatic rings. The van der Waals surface area contributed by atoms with Gasteiger partial charge in [-0.1, -0.05) is 11.6 Å². The van der Waals surface area contributed by atoms with Gasteiger partial charge in [-0.15, -0.1) is 0 Å². The lowest BCUT2D eigenvalue weighted by molar-refractivity contribution is 0.0660. The molecular formula is C23H23ClFN7O2S. The number of piperazine rings is 1. The fraction of sp³-hybridized carbons (Fsp3) is 0.261. The highest BCUT2D eigenvalue weighted by atomic mass is 35.5. The van der Waals surface area contributed by atoms with Crippen molar-refractivity contribution in [3.05, 3.63) is 70.6 Å². The molecule has 9 nitrogen and oxygen atoms in total. The van der Waals surface area contributed by atoms with E-state index < -0.39 is 5.82 Å². The van der Waals surface area contributed by atoms with Gasteiger partial charge < -0.3 is 19.5 Å². The molecule has 0 unspecified atom stereocenters. The Balaban J connectivity index is 1.52. The molecule has 0 aliphatic carbocycles. The number of carbonyl (C=O) groups excluding carboxylic acids is 1. The fourth-order valence-corrected chi connectivity index (χ4v) is 3.94. The van der Waals surface area contributed by atoms with Crippen LogP contribution in [0.4, 0.5) is 16.0 Å². The van der Waals surface area contributed by atoms with Crippen LogP contribution >= 0.6 is 23.8 Å². The number of aliphatic imine (C=N–C) groups is 1. The highest BCUT2D eigenvalue weighted by Gasteiger charge is 2.26. The van der Waals surface area contributed by atoms with Crippen LogP contribution in [0.15, 0.2) is 52.1 Å². The molecule has 1 saturated heterocycles. The summed E-state index contributed by atoms with van der Waals surface area (Å²) in [6.45, 7) is 5.66. The Morgan fingerprint density at radius 2 is 1.77 bits per heavy atom. The van der Waals surface area contributed by atoms with E-state index in [4.69, 9.17) is 28.2 Å². The second-order valence-electron chi connectivity index (χ2n) is 7.85. The lowest BCUT2D eigenvalue weighted by Gasteiger charge is -2.36. The SMILES string of the molecule is Cc1cc(C)nc(N/C(=N/C(=S)Nc2ccc(F)c(Cl)c2)N2CCN(C(=O)c3ccco3)CC2)n1. The van der Waals surface area contributed by atoms with Gasteiger partial charge in [-0.25, -0.2) is 14.4 Å². The van der Waals surface area contributed by atoms with E-state index in [1.165, 1.54) is 24.5 Å². The van der Waals surface area contributed by atoms with Gasteiger partial charge in [0.25, 0.3) is 5.91 Å². The van der Waals surface area contributed by atoms with Crippen LogP contribution in [0.1, 0.15) is 21.9 Å². The molecule has 0 radical (unpaired) electrons. The van der Waals surface area contributed by atoms with Crippen LogP contribution in [0.5, 0.6) is 0 Å². The van der Waals surface area contributed by atoms with E-state index in [-0.39, 0.29) is 16.0 Å². The van der Waals surface area contributed by atoms with Gasteiger partial charge in [0, 0.05) is 43.3 Å². The summed E-state index contributed by atoms with van der Waals surface area (Å²) in [5.74, 6) is 0.415. The summed E-state index contributed by atoms with van der Waals surface area (Å²) in [4.78, 5) is 29.7. The minimum atomic E-state index is -0.525. The van der Waals surface area contributed by atoms with Crippen molar-refractivity contribution in [2.45, 2.75) is 13.8 Å². The number of guanidine groups is 1. The number of thiocarbonyl (C=S) groups is 1. The Bertz CT molecular complexity index is 1240. The second kappa shape index (κ2) is 10.8. The lowest BCUT2D eigenvalue weighted by atomic mass is 10.3. The minimum Gasteiger partial charge on any atom is -0.459 e. The van der Waals surface area contributed by atoms with Gasteiger partial charge >= 0.3 is 0 Å². The van der Waals surface area contributed by atoms with Crippen molar-refractivity contribution in [3.8, 4) is 0 Å². The average Bonchev–Trinajstić information content (AvgIpc) is 3.35. The molecule has 0 saturated carbocycles. The topological polar surface area (TPSA) is 98.9 Å². The van der Waals surface area contributed by atoms with Gasteiger partial charge in [-0.05, 0) is 62.5 Å². The summed E-state index contributed by atoms with van der Waals surface area (Å²) in [5.41, 5.74) is 2.10. The van der Waals surface area contributed by atoms with E-state index in [1.807, 2.05) is 24.8 Å². The largest absolute Gasteiger partial charge is 0.459 e. The zero-order chi connectivity index (χ0) is 24.9. The number of aromatic nitrogens is 2. The molecule has 2 N–H and O–H groups in total. The number of benzene rings is 1. The first-order chi connectivity index (χ1) is 16.8. The van der Waals surface area contributed by atoms with Gasteiger partial charge in [-0.3, -0.25) is 10.1 Å². The number of rotatable bonds is 3. The normalized spacial score (nSPS) is 14.1. The Morgan fingerprint density at radius 1 is 1.09 bits per heavy atom. The molecule has 0 bridgehead atoms. The molecule has 0 atom stereocenters. The van der Waals surface area contributed by atoms with Crippen LogP contribution in [-0.2, 0) is 0 Å². The Labute approximate surface area is 212 Å². The maximum absolute atomic E-state index is 13.5. The third kappa shape index (κ3) is 6.31. The third-order valence-electron chi connectivity index (χ3n) is 5.18. The molecule has 3 aromatic rings. The van der Waals surface area contributed by atoms with Crippen molar-refractivity contribution in [2.24, 2.45) is 4.99 Å². The van der Waals surface area contributed by atoms with Gasteiger partial charge in [0.15, 0.2) is 5.76 Å². The predicted octanol–water partition coefficient (Wildman–Crippen LogP) is 4.10. The minimum absolute atomic E-state index is 0.0267. The van der Waals surface area contributed by atoms with Crippen LogP contribution in [0, 0.1) is 19.7 Å². The number of nitrogens with zero attached hydrogens (tertiary/aromatic N) is 5. The molecule has 182 valence electrons. The predicted molar refractivity (Wildman–Crippen MR) is 136 cm³/mol. The highest BCUT2D eigenvalue weighted by molar-refractivity contribution is 7.80. The van der Waals surface area contributed by atoms with Crippen LogP contribution in [0.3, 0.4) is 0 Å². The first-order valence-corrected chi connectivity index (χ1v) is 11.6. The molecule has 35 heavy (non-hydrogen) atoms. The van der Waals surface area contributed by atoms with Crippen LogP contribution in [0.25, 0.3) is 0 Å². The standard InChI is InChI=1S/C23H23ClFN7O2S/c1-14-12-15(2)27-21(26-14)29-22(30-23(35)28-16-5-6-18(25)17(24)13-16)32-9-7-31(8-10-32)20(33)19-4-3-11-34-19/h3-6,11-13H,7-10H2,1-2H3,(H2,26,27,28,29,30,35). The van der Waals surface area contributed by atoms with Crippen LogP contribution in [-0.4, -0.2) is 62.9 Å². The molecule has 1 fully saturated rings. The van der Waals surface area contributed by atoms with Gasteiger partial charge in [0.2, 0.25) is 17.0 Å². The first kappa shape index (κ1) is 24.6. The number of aryl methyl sites for hydroxylation is 2. The quantitative estimate of drug-likeness (QED) is 0.305. The summed E-state index contributed by atoms with van der Waals surface area (Å²) in [5, 5.41) is 6.21. The molecule has 1 aromatic carbocycles. The van der Waals surface area contributed by atoms with E-state index >= 15 is 0 Å². The Kier molecular flexibility index (Phi) is 7.57. The number of anilines is 2. The zero-order valence-electron chi connectivity index (χ0n) is 19.1. The number of hydrogen-bond donors (Lipinski definition) is 2. The number of furan rings is 1. The average molecular weight is 516 g/mol. The van der Waals surface area contributed by atoms with E-state index in [0.717, 1.165) is 11.4 Å². The monoisotopic (exact) mass is 515 g/mol. The zero-order valence-corrected chi connectivity index (χ0v) is 20.7. The van der Waals surface area contributed by atoms with Crippen molar-refractivity contribution < 1.29 is 13.6 Å². The van der Waals surface area contributed by atoms with E-state index in [9.17, 15) is 9.18 Å². The van der Waals surface area contributed by atoms with Gasteiger partial charge in [0.05, 0.1) is 11.3 Å². The summed E-state index contributed by atoms with van der Waals surface area (Å²) in [6, 6.07) is 9.39. The lowest BCUT2D eigenvalue weighted by Crippen LogP contribution is -2.52. The summed E-state index contributed by atoms with van der Waals surface area (Å²) in [6.07, 6.45) is 1.48. The maximum Gasteiger partial charge on any atom is 0.289 e. The second-order valence-corrected chi connectivity index (χ2v) is 8.64. The third-order valence-corrected chi connectivity index (χ3v) is 5.67. The number of hydrogen-bond acceptors (Lipinski definition) is 5.